The number of rotatable bonds is 2. The van der Waals surface area contributed by atoms with Crippen LogP contribution in [0.3, 0.4) is 0 Å². The van der Waals surface area contributed by atoms with Crippen LogP contribution in [0.4, 0.5) is 16.2 Å². The Labute approximate surface area is 171 Å². The SMILES string of the molecule is CC(C)(C)OC(=O)N(c1ccc2oc3ccccc3c2c1)c1ccccc1Br. The number of hydrogen-bond acceptors (Lipinski definition) is 3. The highest BCUT2D eigenvalue weighted by Crippen LogP contribution is 2.37. The summed E-state index contributed by atoms with van der Waals surface area (Å²) < 4.78 is 12.4. The Bertz CT molecular complexity index is 1170. The number of carbonyl (C=O) groups excluding carboxylic acids is 1. The van der Waals surface area contributed by atoms with Gasteiger partial charge in [0.05, 0.1) is 11.4 Å². The summed E-state index contributed by atoms with van der Waals surface area (Å²) in [7, 11) is 0. The van der Waals surface area contributed by atoms with E-state index in [0.29, 0.717) is 11.4 Å². The second kappa shape index (κ2) is 6.99. The van der Waals surface area contributed by atoms with E-state index in [9.17, 15) is 4.79 Å². The van der Waals surface area contributed by atoms with Crippen molar-refractivity contribution >= 4 is 55.3 Å². The highest BCUT2D eigenvalue weighted by Gasteiger charge is 2.26. The zero-order chi connectivity index (χ0) is 19.9. The molecule has 0 saturated carbocycles. The Balaban J connectivity index is 1.89. The van der Waals surface area contributed by atoms with Gasteiger partial charge in [0.15, 0.2) is 0 Å². The maximum atomic E-state index is 13.1. The summed E-state index contributed by atoms with van der Waals surface area (Å²) in [4.78, 5) is 14.7. The molecule has 4 nitrogen and oxygen atoms in total. The maximum Gasteiger partial charge on any atom is 0.419 e. The molecule has 0 radical (unpaired) electrons. The highest BCUT2D eigenvalue weighted by atomic mass is 79.9. The first-order chi connectivity index (χ1) is 13.3. The smallest absolute Gasteiger partial charge is 0.419 e. The average molecular weight is 438 g/mol. The molecule has 0 aliphatic heterocycles. The summed E-state index contributed by atoms with van der Waals surface area (Å²) in [6.45, 7) is 5.57. The Hall–Kier alpha value is -2.79. The molecule has 4 aromatic rings. The van der Waals surface area contributed by atoms with Crippen molar-refractivity contribution in [1.29, 1.82) is 0 Å². The van der Waals surface area contributed by atoms with Gasteiger partial charge < -0.3 is 9.15 Å². The van der Waals surface area contributed by atoms with Crippen molar-refractivity contribution in [2.75, 3.05) is 4.90 Å². The summed E-state index contributed by atoms with van der Waals surface area (Å²) in [6, 6.07) is 21.2. The minimum atomic E-state index is -0.608. The van der Waals surface area contributed by atoms with Crippen molar-refractivity contribution in [2.45, 2.75) is 26.4 Å². The fraction of sp³-hybridized carbons (Fsp3) is 0.174. The van der Waals surface area contributed by atoms with Gasteiger partial charge in [-0.25, -0.2) is 9.69 Å². The molecular weight excluding hydrogens is 418 g/mol. The van der Waals surface area contributed by atoms with Gasteiger partial charge in [-0.15, -0.1) is 0 Å². The van der Waals surface area contributed by atoms with E-state index < -0.39 is 11.7 Å². The van der Waals surface area contributed by atoms with Gasteiger partial charge in [0.1, 0.15) is 16.8 Å². The van der Waals surface area contributed by atoms with Gasteiger partial charge in [-0.3, -0.25) is 0 Å². The zero-order valence-corrected chi connectivity index (χ0v) is 17.5. The third-order valence-corrected chi connectivity index (χ3v) is 4.96. The second-order valence-corrected chi connectivity index (χ2v) is 8.40. The lowest BCUT2D eigenvalue weighted by Gasteiger charge is -2.28. The number of anilines is 2. The molecular formula is C23H20BrNO3. The predicted molar refractivity (Wildman–Crippen MR) is 116 cm³/mol. The quantitative estimate of drug-likeness (QED) is 0.327. The van der Waals surface area contributed by atoms with Crippen LogP contribution in [-0.4, -0.2) is 11.7 Å². The van der Waals surface area contributed by atoms with E-state index in [1.165, 1.54) is 0 Å². The van der Waals surface area contributed by atoms with Gasteiger partial charge in [-0.1, -0.05) is 30.3 Å². The van der Waals surface area contributed by atoms with Crippen LogP contribution in [0, 0.1) is 0 Å². The minimum Gasteiger partial charge on any atom is -0.456 e. The molecule has 142 valence electrons. The zero-order valence-electron chi connectivity index (χ0n) is 15.9. The van der Waals surface area contributed by atoms with Crippen LogP contribution < -0.4 is 4.90 Å². The lowest BCUT2D eigenvalue weighted by Crippen LogP contribution is -2.34. The van der Waals surface area contributed by atoms with Crippen LogP contribution in [0.2, 0.25) is 0 Å². The minimum absolute atomic E-state index is 0.438. The number of amides is 1. The normalized spacial score (nSPS) is 11.7. The average Bonchev–Trinajstić information content (AvgIpc) is 3.00. The number of furan rings is 1. The number of nitrogens with zero attached hydrogens (tertiary/aromatic N) is 1. The lowest BCUT2D eigenvalue weighted by molar-refractivity contribution is 0.0599. The molecule has 4 rings (SSSR count). The van der Waals surface area contributed by atoms with Crippen molar-refractivity contribution in [3.05, 3.63) is 71.2 Å². The molecule has 0 unspecified atom stereocenters. The summed E-state index contributed by atoms with van der Waals surface area (Å²) in [5.74, 6) is 0. The van der Waals surface area contributed by atoms with E-state index in [4.69, 9.17) is 9.15 Å². The molecule has 3 aromatic carbocycles. The molecule has 0 N–H and O–H groups in total. The van der Waals surface area contributed by atoms with Gasteiger partial charge >= 0.3 is 6.09 Å². The fourth-order valence-corrected chi connectivity index (χ4v) is 3.60. The number of carbonyl (C=O) groups is 1. The molecule has 1 aromatic heterocycles. The van der Waals surface area contributed by atoms with Crippen molar-refractivity contribution < 1.29 is 13.9 Å². The molecule has 0 fully saturated rings. The number of halogens is 1. The van der Waals surface area contributed by atoms with Crippen LogP contribution >= 0.6 is 15.9 Å². The number of ether oxygens (including phenoxy) is 1. The highest BCUT2D eigenvalue weighted by molar-refractivity contribution is 9.10. The summed E-state index contributed by atoms with van der Waals surface area (Å²) in [6.07, 6.45) is -0.438. The predicted octanol–water partition coefficient (Wildman–Crippen LogP) is 7.42. The van der Waals surface area contributed by atoms with Crippen LogP contribution in [-0.2, 0) is 4.74 Å². The van der Waals surface area contributed by atoms with Crippen LogP contribution in [0.25, 0.3) is 21.9 Å². The molecule has 5 heteroatoms. The number of hydrogen-bond donors (Lipinski definition) is 0. The Morgan fingerprint density at radius 2 is 1.61 bits per heavy atom. The molecule has 28 heavy (non-hydrogen) atoms. The van der Waals surface area contributed by atoms with Crippen LogP contribution in [0.5, 0.6) is 0 Å². The molecule has 1 amide bonds. The first kappa shape index (κ1) is 18.6. The summed E-state index contributed by atoms with van der Waals surface area (Å²) in [5, 5.41) is 1.96. The van der Waals surface area contributed by atoms with Crippen molar-refractivity contribution in [3.8, 4) is 0 Å². The van der Waals surface area contributed by atoms with E-state index in [1.54, 1.807) is 4.90 Å². The van der Waals surface area contributed by atoms with Crippen molar-refractivity contribution in [3.63, 3.8) is 0 Å². The van der Waals surface area contributed by atoms with Gasteiger partial charge in [-0.05, 0) is 73.1 Å². The Morgan fingerprint density at radius 1 is 0.929 bits per heavy atom. The van der Waals surface area contributed by atoms with Gasteiger partial charge in [-0.2, -0.15) is 0 Å². The monoisotopic (exact) mass is 437 g/mol. The molecule has 0 aliphatic rings. The summed E-state index contributed by atoms with van der Waals surface area (Å²) >= 11 is 3.56. The van der Waals surface area contributed by atoms with Gasteiger partial charge in [0.25, 0.3) is 0 Å². The van der Waals surface area contributed by atoms with E-state index in [2.05, 4.69) is 15.9 Å². The van der Waals surface area contributed by atoms with Crippen LogP contribution in [0.1, 0.15) is 20.8 Å². The number of fused-ring (bicyclic) bond motifs is 3. The Morgan fingerprint density at radius 3 is 2.36 bits per heavy atom. The van der Waals surface area contributed by atoms with Crippen LogP contribution in [0.15, 0.2) is 75.6 Å². The third-order valence-electron chi connectivity index (χ3n) is 4.29. The van der Waals surface area contributed by atoms with E-state index >= 15 is 0 Å². The standard InChI is InChI=1S/C23H20BrNO3/c1-23(2,3)28-22(26)25(19-10-6-5-9-18(19)24)15-12-13-21-17(14-15)16-8-4-7-11-20(16)27-21/h4-14H,1-3H3. The molecule has 0 saturated heterocycles. The summed E-state index contributed by atoms with van der Waals surface area (Å²) in [5.41, 5.74) is 2.41. The van der Waals surface area contributed by atoms with Crippen molar-refractivity contribution in [1.82, 2.24) is 0 Å². The number of benzene rings is 3. The maximum absolute atomic E-state index is 13.1. The molecule has 0 spiro atoms. The first-order valence-corrected chi connectivity index (χ1v) is 9.82. The molecule has 0 aliphatic carbocycles. The van der Waals surface area contributed by atoms with E-state index in [0.717, 1.165) is 26.4 Å². The molecule has 0 atom stereocenters. The Kier molecular flexibility index (Phi) is 4.63. The third kappa shape index (κ3) is 3.50. The van der Waals surface area contributed by atoms with E-state index in [1.807, 2.05) is 87.5 Å². The molecule has 0 bridgehead atoms. The van der Waals surface area contributed by atoms with Crippen molar-refractivity contribution in [2.24, 2.45) is 0 Å². The second-order valence-electron chi connectivity index (χ2n) is 7.55. The van der Waals surface area contributed by atoms with E-state index in [-0.39, 0.29) is 0 Å². The van der Waals surface area contributed by atoms with Gasteiger partial charge in [0, 0.05) is 15.2 Å². The first-order valence-electron chi connectivity index (χ1n) is 9.02. The fourth-order valence-electron chi connectivity index (χ4n) is 3.14. The van der Waals surface area contributed by atoms with Gasteiger partial charge in [0.2, 0.25) is 0 Å². The number of para-hydroxylation sites is 2. The topological polar surface area (TPSA) is 42.7 Å². The largest absolute Gasteiger partial charge is 0.456 e. The lowest BCUT2D eigenvalue weighted by atomic mass is 10.1. The molecule has 1 heterocycles.